The summed E-state index contributed by atoms with van der Waals surface area (Å²) in [7, 11) is 5.41. The number of aryl methyl sites for hydroxylation is 1. The zero-order valence-electron chi connectivity index (χ0n) is 20.0. The van der Waals surface area contributed by atoms with E-state index in [1.807, 2.05) is 38.1 Å². The van der Waals surface area contributed by atoms with E-state index in [4.69, 9.17) is 10.5 Å². The highest BCUT2D eigenvalue weighted by Crippen LogP contribution is 2.27. The van der Waals surface area contributed by atoms with E-state index >= 15 is 0 Å². The minimum absolute atomic E-state index is 0.167. The Kier molecular flexibility index (Phi) is 6.65. The smallest absolute Gasteiger partial charge is 0.339 e. The summed E-state index contributed by atoms with van der Waals surface area (Å²) in [6, 6.07) is 12.4. The van der Waals surface area contributed by atoms with Crippen molar-refractivity contribution < 1.29 is 9.53 Å². The van der Waals surface area contributed by atoms with Crippen LogP contribution in [0.3, 0.4) is 0 Å². The molecule has 2 heterocycles. The van der Waals surface area contributed by atoms with Gasteiger partial charge >= 0.3 is 5.69 Å². The second kappa shape index (κ2) is 9.82. The van der Waals surface area contributed by atoms with Crippen molar-refractivity contribution in [2.75, 3.05) is 38.8 Å². The highest BCUT2D eigenvalue weighted by molar-refractivity contribution is 5.99. The summed E-state index contributed by atoms with van der Waals surface area (Å²) in [5, 5.41) is 2.82. The number of benzene rings is 2. The summed E-state index contributed by atoms with van der Waals surface area (Å²) in [5.41, 5.74) is 9.09. The molecule has 4 aromatic rings. The lowest BCUT2D eigenvalue weighted by Gasteiger charge is -2.09. The van der Waals surface area contributed by atoms with E-state index < -0.39 is 0 Å². The molecule has 0 radical (unpaired) electrons. The summed E-state index contributed by atoms with van der Waals surface area (Å²) in [6.45, 7) is 2.56. The number of methoxy groups -OCH3 is 1. The van der Waals surface area contributed by atoms with Crippen molar-refractivity contribution in [2.24, 2.45) is 0 Å². The van der Waals surface area contributed by atoms with Crippen molar-refractivity contribution >= 4 is 28.6 Å². The molecule has 0 fully saturated rings. The molecule has 0 unspecified atom stereocenters. The van der Waals surface area contributed by atoms with Crippen LogP contribution in [0.15, 0.2) is 65.7 Å². The molecule has 3 N–H and O–H groups in total. The number of hydrogen-bond donors (Lipinski definition) is 2. The molecule has 0 atom stereocenters. The average molecular weight is 474 g/mol. The van der Waals surface area contributed by atoms with E-state index in [0.717, 1.165) is 5.56 Å². The van der Waals surface area contributed by atoms with E-state index in [1.165, 1.54) is 21.5 Å². The molecule has 0 saturated heterocycles. The van der Waals surface area contributed by atoms with Gasteiger partial charge in [-0.05, 0) is 50.8 Å². The molecular weight excluding hydrogens is 446 g/mol. The Labute approximate surface area is 202 Å². The van der Waals surface area contributed by atoms with Gasteiger partial charge < -0.3 is 20.7 Å². The molecule has 0 bridgehead atoms. The fraction of sp³-hybridized carbons (Fsp3) is 0.200. The van der Waals surface area contributed by atoms with Gasteiger partial charge in [-0.25, -0.2) is 19.3 Å². The molecule has 2 aromatic heterocycles. The predicted molar refractivity (Wildman–Crippen MR) is 136 cm³/mol. The fourth-order valence-corrected chi connectivity index (χ4v) is 3.74. The number of rotatable bonds is 7. The monoisotopic (exact) mass is 473 g/mol. The van der Waals surface area contributed by atoms with Crippen LogP contribution >= 0.6 is 0 Å². The van der Waals surface area contributed by atoms with Gasteiger partial charge in [0.25, 0.3) is 0 Å². The van der Waals surface area contributed by atoms with Crippen LogP contribution in [-0.2, 0) is 4.79 Å². The fourth-order valence-electron chi connectivity index (χ4n) is 3.74. The summed E-state index contributed by atoms with van der Waals surface area (Å²) in [6.07, 6.45) is 4.56. The summed E-state index contributed by atoms with van der Waals surface area (Å²) >= 11 is 0. The van der Waals surface area contributed by atoms with Crippen molar-refractivity contribution in [3.05, 3.63) is 77.0 Å². The number of nitrogens with two attached hydrogens (primary N) is 1. The SMILES string of the molecule is COc1cc(-n2c(=O)n(-c3cccc(NC(=O)C=CCN(C)C)c3)c3ncnc(N)c32)ccc1C. The first-order valence-corrected chi connectivity index (χ1v) is 10.9. The molecule has 35 heavy (non-hydrogen) atoms. The first-order chi connectivity index (χ1) is 16.8. The maximum Gasteiger partial charge on any atom is 0.339 e. The Morgan fingerprint density at radius 1 is 1.14 bits per heavy atom. The van der Waals surface area contributed by atoms with Crippen LogP contribution in [0.5, 0.6) is 5.75 Å². The van der Waals surface area contributed by atoms with Crippen LogP contribution in [-0.4, -0.2) is 57.7 Å². The molecule has 0 aliphatic carbocycles. The first-order valence-electron chi connectivity index (χ1n) is 10.9. The van der Waals surface area contributed by atoms with Gasteiger partial charge in [-0.1, -0.05) is 18.2 Å². The molecule has 0 spiro atoms. The Hall–Kier alpha value is -4.44. The third-order valence-electron chi connectivity index (χ3n) is 5.41. The Morgan fingerprint density at radius 2 is 1.91 bits per heavy atom. The lowest BCUT2D eigenvalue weighted by atomic mass is 10.2. The van der Waals surface area contributed by atoms with Gasteiger partial charge in [0, 0.05) is 24.4 Å². The second-order valence-corrected chi connectivity index (χ2v) is 8.24. The number of likely N-dealkylation sites (N-methyl/N-ethyl adjacent to an activating group) is 1. The number of fused-ring (bicyclic) bond motifs is 1. The van der Waals surface area contributed by atoms with Crippen LogP contribution in [0.2, 0.25) is 0 Å². The van der Waals surface area contributed by atoms with Crippen molar-refractivity contribution in [1.82, 2.24) is 24.0 Å². The predicted octanol–water partition coefficient (Wildman–Crippen LogP) is 2.53. The maximum absolute atomic E-state index is 13.7. The molecule has 2 aromatic carbocycles. The highest BCUT2D eigenvalue weighted by Gasteiger charge is 2.21. The zero-order chi connectivity index (χ0) is 25.1. The van der Waals surface area contributed by atoms with E-state index in [1.54, 1.807) is 43.5 Å². The molecule has 180 valence electrons. The minimum atomic E-state index is -0.382. The minimum Gasteiger partial charge on any atom is -0.496 e. The van der Waals surface area contributed by atoms with Crippen LogP contribution in [0, 0.1) is 6.92 Å². The number of hydrogen-bond acceptors (Lipinski definition) is 7. The summed E-state index contributed by atoms with van der Waals surface area (Å²) < 4.78 is 8.34. The highest BCUT2D eigenvalue weighted by atomic mass is 16.5. The van der Waals surface area contributed by atoms with E-state index in [0.29, 0.717) is 40.5 Å². The molecule has 0 aliphatic heterocycles. The quantitative estimate of drug-likeness (QED) is 0.396. The molecule has 10 nitrogen and oxygen atoms in total. The number of carbonyl (C=O) groups is 1. The Balaban J connectivity index is 1.82. The Bertz CT molecular complexity index is 1480. The molecule has 10 heteroatoms. The van der Waals surface area contributed by atoms with Crippen LogP contribution < -0.4 is 21.5 Å². The van der Waals surface area contributed by atoms with Gasteiger partial charge in [-0.3, -0.25) is 9.36 Å². The standard InChI is InChI=1S/C25H27N7O3/c1-16-10-11-19(14-20(16)35-4)31-22-23(26)27-15-28-24(22)32(25(31)34)18-8-5-7-17(13-18)29-21(33)9-6-12-30(2)3/h5-11,13-15H,12H2,1-4H3,(H,29,33)(H2,26,27,28). The summed E-state index contributed by atoms with van der Waals surface area (Å²) in [4.78, 5) is 36.4. The van der Waals surface area contributed by atoms with Gasteiger partial charge in [-0.15, -0.1) is 0 Å². The number of nitrogens with one attached hydrogen (secondary N) is 1. The molecular formula is C25H27N7O3. The number of carbonyl (C=O) groups excluding carboxylic acids is 1. The largest absolute Gasteiger partial charge is 0.496 e. The normalized spacial score (nSPS) is 11.5. The van der Waals surface area contributed by atoms with E-state index in [2.05, 4.69) is 15.3 Å². The van der Waals surface area contributed by atoms with Crippen molar-refractivity contribution in [2.45, 2.75) is 6.92 Å². The third kappa shape index (κ3) is 4.78. The molecule has 0 saturated carbocycles. The van der Waals surface area contributed by atoms with Crippen LogP contribution in [0.1, 0.15) is 5.56 Å². The van der Waals surface area contributed by atoms with Gasteiger partial charge in [0.2, 0.25) is 5.91 Å². The molecule has 4 rings (SSSR count). The number of imidazole rings is 1. The topological polar surface area (TPSA) is 120 Å². The lowest BCUT2D eigenvalue weighted by molar-refractivity contribution is -0.111. The van der Waals surface area contributed by atoms with Crippen LogP contribution in [0.4, 0.5) is 11.5 Å². The molecule has 1 amide bonds. The third-order valence-corrected chi connectivity index (χ3v) is 5.41. The van der Waals surface area contributed by atoms with E-state index in [-0.39, 0.29) is 17.4 Å². The van der Waals surface area contributed by atoms with Gasteiger partial charge in [0.05, 0.1) is 18.5 Å². The van der Waals surface area contributed by atoms with E-state index in [9.17, 15) is 9.59 Å². The van der Waals surface area contributed by atoms with Gasteiger partial charge in [-0.2, -0.15) is 0 Å². The second-order valence-electron chi connectivity index (χ2n) is 8.24. The van der Waals surface area contributed by atoms with Gasteiger partial charge in [0.15, 0.2) is 11.5 Å². The number of nitrogen functional groups attached to an aromatic ring is 1. The van der Waals surface area contributed by atoms with Crippen molar-refractivity contribution in [1.29, 1.82) is 0 Å². The molecule has 0 aliphatic rings. The number of nitrogens with zero attached hydrogens (tertiary/aromatic N) is 5. The average Bonchev–Trinajstić information content (AvgIpc) is 3.12. The summed E-state index contributed by atoms with van der Waals surface area (Å²) in [5.74, 6) is 0.538. The van der Waals surface area contributed by atoms with Crippen LogP contribution in [0.25, 0.3) is 22.5 Å². The van der Waals surface area contributed by atoms with Gasteiger partial charge in [0.1, 0.15) is 17.6 Å². The number of anilines is 2. The number of aromatic nitrogens is 4. The first kappa shape index (κ1) is 23.7. The van der Waals surface area contributed by atoms with Crippen molar-refractivity contribution in [3.8, 4) is 17.1 Å². The maximum atomic E-state index is 13.7. The number of amides is 1. The zero-order valence-corrected chi connectivity index (χ0v) is 20.0. The number of ether oxygens (including phenoxy) is 1. The Morgan fingerprint density at radius 3 is 2.66 bits per heavy atom. The lowest BCUT2D eigenvalue weighted by Crippen LogP contribution is -2.22. The van der Waals surface area contributed by atoms with Crippen molar-refractivity contribution in [3.63, 3.8) is 0 Å².